The molecule has 1 fully saturated rings. The topological polar surface area (TPSA) is 113 Å². The minimum atomic E-state index is -0.237. The van der Waals surface area contributed by atoms with Gasteiger partial charge >= 0.3 is 0 Å². The number of anilines is 1. The standard InChI is InChI=1S/C34H41N5O4/c1-34(2,3)31-22-27(38-43-31)21-28(40)14-9-24-7-10-25(11-8-24)30-23-32(37-36-30)35-33(41)26-12-15-29(16-13-26)42-20-6-19-39-17-4-5-18-39/h7-8,10-13,15-16,22-23H,4-6,9,14,17-21H2,1-3H3,(H2,35,36,37,41). The third kappa shape index (κ3) is 8.64. The van der Waals surface area contributed by atoms with Crippen molar-refractivity contribution in [3.05, 3.63) is 83.2 Å². The summed E-state index contributed by atoms with van der Waals surface area (Å²) in [6, 6.07) is 18.8. The largest absolute Gasteiger partial charge is 0.494 e. The van der Waals surface area contributed by atoms with Crippen LogP contribution in [-0.2, 0) is 23.1 Å². The molecule has 1 aliphatic rings. The highest BCUT2D eigenvalue weighted by atomic mass is 16.5. The third-order valence-corrected chi connectivity index (χ3v) is 7.66. The fraction of sp³-hybridized carbons (Fsp3) is 0.412. The first kappa shape index (κ1) is 30.2. The van der Waals surface area contributed by atoms with Gasteiger partial charge in [-0.1, -0.05) is 50.2 Å². The van der Waals surface area contributed by atoms with Gasteiger partial charge in [-0.3, -0.25) is 14.7 Å². The molecule has 2 N–H and O–H groups in total. The third-order valence-electron chi connectivity index (χ3n) is 7.66. The van der Waals surface area contributed by atoms with E-state index < -0.39 is 0 Å². The second-order valence-electron chi connectivity index (χ2n) is 12.2. The Bertz CT molecular complexity index is 1490. The van der Waals surface area contributed by atoms with E-state index >= 15 is 0 Å². The van der Waals surface area contributed by atoms with Crippen LogP contribution in [0.1, 0.15) is 73.8 Å². The summed E-state index contributed by atoms with van der Waals surface area (Å²) < 4.78 is 11.2. The summed E-state index contributed by atoms with van der Waals surface area (Å²) in [7, 11) is 0. The van der Waals surface area contributed by atoms with Crippen LogP contribution >= 0.6 is 0 Å². The van der Waals surface area contributed by atoms with Crippen LogP contribution in [0.2, 0.25) is 0 Å². The number of rotatable bonds is 13. The Morgan fingerprint density at radius 3 is 2.47 bits per heavy atom. The number of aromatic amines is 1. The average Bonchev–Trinajstić information content (AvgIpc) is 3.78. The van der Waals surface area contributed by atoms with Gasteiger partial charge in [-0.05, 0) is 74.2 Å². The van der Waals surface area contributed by atoms with Crippen LogP contribution in [0.15, 0.2) is 65.2 Å². The van der Waals surface area contributed by atoms with Crippen molar-refractivity contribution in [1.82, 2.24) is 20.3 Å². The lowest BCUT2D eigenvalue weighted by Gasteiger charge is -2.14. The normalized spacial score (nSPS) is 13.7. The fourth-order valence-corrected chi connectivity index (χ4v) is 5.08. The number of H-pyrrole nitrogens is 1. The second kappa shape index (κ2) is 13.8. The smallest absolute Gasteiger partial charge is 0.256 e. The number of hydrogen-bond acceptors (Lipinski definition) is 7. The minimum Gasteiger partial charge on any atom is -0.494 e. The van der Waals surface area contributed by atoms with E-state index in [0.29, 0.717) is 36.5 Å². The van der Waals surface area contributed by atoms with E-state index in [2.05, 4.69) is 46.3 Å². The molecule has 2 aromatic carbocycles. The molecule has 0 radical (unpaired) electrons. The number of ketones is 1. The maximum absolute atomic E-state index is 12.8. The number of carbonyl (C=O) groups excluding carboxylic acids is 2. The molecule has 1 aliphatic heterocycles. The number of ether oxygens (including phenoxy) is 1. The van der Waals surface area contributed by atoms with Crippen LogP contribution in [0.3, 0.4) is 0 Å². The van der Waals surface area contributed by atoms with Crippen molar-refractivity contribution in [1.29, 1.82) is 0 Å². The molecule has 0 aliphatic carbocycles. The van der Waals surface area contributed by atoms with Gasteiger partial charge < -0.3 is 19.5 Å². The van der Waals surface area contributed by atoms with Crippen LogP contribution in [0, 0.1) is 0 Å². The molecule has 5 rings (SSSR count). The zero-order chi connectivity index (χ0) is 30.2. The van der Waals surface area contributed by atoms with Crippen molar-refractivity contribution in [2.75, 3.05) is 31.6 Å². The van der Waals surface area contributed by atoms with Gasteiger partial charge in [0.05, 0.1) is 24.4 Å². The molecule has 226 valence electrons. The van der Waals surface area contributed by atoms with Crippen LogP contribution in [0.4, 0.5) is 5.82 Å². The lowest BCUT2D eigenvalue weighted by molar-refractivity contribution is -0.118. The number of aromatic nitrogens is 3. The summed E-state index contributed by atoms with van der Waals surface area (Å²) in [6.45, 7) is 10.3. The molecule has 4 aromatic rings. The van der Waals surface area contributed by atoms with E-state index in [9.17, 15) is 9.59 Å². The van der Waals surface area contributed by atoms with Gasteiger partial charge in [-0.2, -0.15) is 5.10 Å². The fourth-order valence-electron chi connectivity index (χ4n) is 5.08. The van der Waals surface area contributed by atoms with Gasteiger partial charge in [0.15, 0.2) is 5.82 Å². The number of likely N-dealkylation sites (tertiary alicyclic amines) is 1. The number of nitrogens with zero attached hydrogens (tertiary/aromatic N) is 3. The number of Topliss-reactive ketones (excluding diaryl/α,β-unsaturated/α-hetero) is 1. The average molecular weight is 584 g/mol. The highest BCUT2D eigenvalue weighted by Crippen LogP contribution is 2.24. The summed E-state index contributed by atoms with van der Waals surface area (Å²) in [5, 5.41) is 14.1. The molecule has 0 spiro atoms. The molecule has 9 heteroatoms. The monoisotopic (exact) mass is 583 g/mol. The van der Waals surface area contributed by atoms with E-state index in [1.54, 1.807) is 18.2 Å². The van der Waals surface area contributed by atoms with Gasteiger partial charge in [-0.15, -0.1) is 0 Å². The van der Waals surface area contributed by atoms with Gasteiger partial charge in [0.25, 0.3) is 5.91 Å². The van der Waals surface area contributed by atoms with Crippen molar-refractivity contribution in [3.8, 4) is 17.0 Å². The summed E-state index contributed by atoms with van der Waals surface area (Å²) in [5.74, 6) is 1.88. The molecular weight excluding hydrogens is 542 g/mol. The number of hydrogen-bond donors (Lipinski definition) is 2. The number of nitrogens with one attached hydrogen (secondary N) is 2. The number of benzene rings is 2. The van der Waals surface area contributed by atoms with Gasteiger partial charge in [0.2, 0.25) is 0 Å². The zero-order valence-corrected chi connectivity index (χ0v) is 25.3. The SMILES string of the molecule is CC(C)(C)c1cc(CC(=O)CCc2ccc(-c3cc(NC(=O)c4ccc(OCCCN5CCCC5)cc4)n[nH]3)cc2)no1. The molecule has 2 aromatic heterocycles. The Labute approximate surface area is 253 Å². The summed E-state index contributed by atoms with van der Waals surface area (Å²) in [5.41, 5.74) is 3.87. The lowest BCUT2D eigenvalue weighted by Crippen LogP contribution is -2.21. The first-order valence-corrected chi connectivity index (χ1v) is 15.1. The van der Waals surface area contributed by atoms with E-state index in [4.69, 9.17) is 9.26 Å². The molecule has 0 unspecified atom stereocenters. The number of amides is 1. The van der Waals surface area contributed by atoms with E-state index in [0.717, 1.165) is 41.3 Å². The van der Waals surface area contributed by atoms with Crippen molar-refractivity contribution in [2.45, 2.75) is 64.7 Å². The quantitative estimate of drug-likeness (QED) is 0.180. The molecule has 1 saturated heterocycles. The molecule has 0 atom stereocenters. The number of carbonyl (C=O) groups is 2. The van der Waals surface area contributed by atoms with Crippen LogP contribution < -0.4 is 10.1 Å². The van der Waals surface area contributed by atoms with Crippen molar-refractivity contribution in [3.63, 3.8) is 0 Å². The first-order chi connectivity index (χ1) is 20.7. The molecule has 3 heterocycles. The van der Waals surface area contributed by atoms with Crippen LogP contribution in [-0.4, -0.2) is 58.2 Å². The van der Waals surface area contributed by atoms with E-state index in [1.165, 1.54) is 25.9 Å². The van der Waals surface area contributed by atoms with Crippen molar-refractivity contribution < 1.29 is 18.8 Å². The highest BCUT2D eigenvalue weighted by Gasteiger charge is 2.20. The maximum Gasteiger partial charge on any atom is 0.256 e. The Morgan fingerprint density at radius 2 is 1.77 bits per heavy atom. The van der Waals surface area contributed by atoms with Crippen molar-refractivity contribution >= 4 is 17.5 Å². The van der Waals surface area contributed by atoms with Gasteiger partial charge in [-0.25, -0.2) is 0 Å². The Hall–Kier alpha value is -4.24. The predicted octanol–water partition coefficient (Wildman–Crippen LogP) is 6.22. The summed E-state index contributed by atoms with van der Waals surface area (Å²) >= 11 is 0. The first-order valence-electron chi connectivity index (χ1n) is 15.1. The Morgan fingerprint density at radius 1 is 1.02 bits per heavy atom. The van der Waals surface area contributed by atoms with E-state index in [1.807, 2.05) is 42.5 Å². The second-order valence-corrected chi connectivity index (χ2v) is 12.2. The Kier molecular flexibility index (Phi) is 9.72. The lowest BCUT2D eigenvalue weighted by atomic mass is 9.93. The molecule has 0 saturated carbocycles. The zero-order valence-electron chi connectivity index (χ0n) is 25.3. The van der Waals surface area contributed by atoms with E-state index in [-0.39, 0.29) is 23.5 Å². The van der Waals surface area contributed by atoms with Crippen LogP contribution in [0.5, 0.6) is 5.75 Å². The van der Waals surface area contributed by atoms with Crippen LogP contribution in [0.25, 0.3) is 11.3 Å². The Balaban J connectivity index is 1.06. The molecule has 43 heavy (non-hydrogen) atoms. The van der Waals surface area contributed by atoms with Crippen molar-refractivity contribution in [2.24, 2.45) is 0 Å². The molecular formula is C34H41N5O4. The summed E-state index contributed by atoms with van der Waals surface area (Å²) in [4.78, 5) is 27.7. The molecule has 9 nitrogen and oxygen atoms in total. The predicted molar refractivity (Wildman–Crippen MR) is 166 cm³/mol. The highest BCUT2D eigenvalue weighted by molar-refractivity contribution is 6.04. The summed E-state index contributed by atoms with van der Waals surface area (Å²) in [6.07, 6.45) is 4.95. The maximum atomic E-state index is 12.8. The van der Waals surface area contributed by atoms with Gasteiger partial charge in [0, 0.05) is 36.1 Å². The number of aryl methyl sites for hydroxylation is 1. The van der Waals surface area contributed by atoms with Gasteiger partial charge in [0.1, 0.15) is 17.3 Å². The molecule has 0 bridgehead atoms. The molecule has 1 amide bonds. The minimum absolute atomic E-state index is 0.127.